The summed E-state index contributed by atoms with van der Waals surface area (Å²) in [5.41, 5.74) is 8.15. The van der Waals surface area contributed by atoms with Crippen LogP contribution in [0.4, 0.5) is 5.69 Å². The molecule has 2 N–H and O–H groups in total. The number of ketones is 1. The summed E-state index contributed by atoms with van der Waals surface area (Å²) in [5.74, 6) is 0.175. The fraction of sp³-hybridized carbons (Fsp3) is 0.364. The Kier molecular flexibility index (Phi) is 3.07. The lowest BCUT2D eigenvalue weighted by Crippen LogP contribution is -2.00. The molecular weight excluding hydrogens is 162 g/mol. The molecular formula is C11H15NO. The number of carbonyl (C=O) groups is 1. The van der Waals surface area contributed by atoms with E-state index in [9.17, 15) is 4.79 Å². The Balaban J connectivity index is 2.90. The van der Waals surface area contributed by atoms with Crippen LogP contribution in [0.5, 0.6) is 0 Å². The minimum atomic E-state index is 0.175. The Hall–Kier alpha value is -1.31. The number of hydrogen-bond acceptors (Lipinski definition) is 2. The van der Waals surface area contributed by atoms with Crippen molar-refractivity contribution >= 4 is 11.5 Å². The van der Waals surface area contributed by atoms with Crippen molar-refractivity contribution in [3.8, 4) is 0 Å². The number of hydrogen-bond donors (Lipinski definition) is 1. The Morgan fingerprint density at radius 3 is 2.69 bits per heavy atom. The summed E-state index contributed by atoms with van der Waals surface area (Å²) in [5, 5.41) is 0. The molecule has 70 valence electrons. The van der Waals surface area contributed by atoms with Crippen molar-refractivity contribution in [1.82, 2.24) is 0 Å². The van der Waals surface area contributed by atoms with Crippen molar-refractivity contribution in [3.63, 3.8) is 0 Å². The number of nitrogens with two attached hydrogens (primary N) is 1. The zero-order chi connectivity index (χ0) is 9.84. The SMILES string of the molecule is CCCC(=O)c1ccc(C)c(N)c1. The topological polar surface area (TPSA) is 43.1 Å². The molecule has 1 aromatic rings. The molecule has 0 spiro atoms. The van der Waals surface area contributed by atoms with Crippen LogP contribution in [0.15, 0.2) is 18.2 Å². The molecule has 1 aromatic carbocycles. The Morgan fingerprint density at radius 1 is 1.46 bits per heavy atom. The minimum Gasteiger partial charge on any atom is -0.398 e. The Labute approximate surface area is 78.8 Å². The molecule has 0 unspecified atom stereocenters. The molecule has 0 bridgehead atoms. The number of carbonyl (C=O) groups excluding carboxylic acids is 1. The second kappa shape index (κ2) is 4.08. The zero-order valence-electron chi connectivity index (χ0n) is 8.13. The van der Waals surface area contributed by atoms with E-state index in [1.165, 1.54) is 0 Å². The van der Waals surface area contributed by atoms with E-state index in [1.807, 2.05) is 26.0 Å². The van der Waals surface area contributed by atoms with Crippen LogP contribution in [0.2, 0.25) is 0 Å². The third-order valence-electron chi connectivity index (χ3n) is 2.08. The summed E-state index contributed by atoms with van der Waals surface area (Å²) in [6, 6.07) is 5.48. The largest absolute Gasteiger partial charge is 0.398 e. The highest BCUT2D eigenvalue weighted by Gasteiger charge is 2.05. The Bertz CT molecular complexity index is 318. The van der Waals surface area contributed by atoms with E-state index in [0.717, 1.165) is 17.5 Å². The molecule has 0 saturated carbocycles. The summed E-state index contributed by atoms with van der Waals surface area (Å²) in [6.45, 7) is 3.93. The standard InChI is InChI=1S/C11H15NO/c1-3-4-11(13)9-6-5-8(2)10(12)7-9/h5-7H,3-4,12H2,1-2H3. The first-order valence-corrected chi connectivity index (χ1v) is 4.54. The van der Waals surface area contributed by atoms with Crippen molar-refractivity contribution in [2.24, 2.45) is 0 Å². The molecule has 0 fully saturated rings. The van der Waals surface area contributed by atoms with Crippen molar-refractivity contribution in [3.05, 3.63) is 29.3 Å². The van der Waals surface area contributed by atoms with E-state index in [2.05, 4.69) is 0 Å². The van der Waals surface area contributed by atoms with E-state index in [4.69, 9.17) is 5.73 Å². The lowest BCUT2D eigenvalue weighted by Gasteiger charge is -2.03. The third-order valence-corrected chi connectivity index (χ3v) is 2.08. The predicted molar refractivity (Wildman–Crippen MR) is 54.8 cm³/mol. The van der Waals surface area contributed by atoms with Crippen LogP contribution in [0.3, 0.4) is 0 Å². The first-order valence-electron chi connectivity index (χ1n) is 4.54. The van der Waals surface area contributed by atoms with Gasteiger partial charge in [0.2, 0.25) is 0 Å². The monoisotopic (exact) mass is 177 g/mol. The molecule has 0 aliphatic carbocycles. The number of Topliss-reactive ketones (excluding diaryl/α,β-unsaturated/α-hetero) is 1. The molecule has 0 saturated heterocycles. The molecule has 0 aliphatic rings. The first kappa shape index (κ1) is 9.78. The van der Waals surface area contributed by atoms with Crippen molar-refractivity contribution in [1.29, 1.82) is 0 Å². The summed E-state index contributed by atoms with van der Waals surface area (Å²) < 4.78 is 0. The molecule has 0 heterocycles. The second-order valence-electron chi connectivity index (χ2n) is 3.24. The van der Waals surface area contributed by atoms with Gasteiger partial charge in [0.15, 0.2) is 5.78 Å². The van der Waals surface area contributed by atoms with E-state index in [1.54, 1.807) is 6.07 Å². The van der Waals surface area contributed by atoms with Crippen LogP contribution in [-0.2, 0) is 0 Å². The molecule has 0 atom stereocenters. The molecule has 2 nitrogen and oxygen atoms in total. The number of aryl methyl sites for hydroxylation is 1. The summed E-state index contributed by atoms with van der Waals surface area (Å²) >= 11 is 0. The number of nitrogen functional groups attached to an aromatic ring is 1. The Morgan fingerprint density at radius 2 is 2.15 bits per heavy atom. The molecule has 0 aliphatic heterocycles. The average Bonchev–Trinajstić information content (AvgIpc) is 2.10. The molecule has 1 rings (SSSR count). The van der Waals surface area contributed by atoms with Gasteiger partial charge < -0.3 is 5.73 Å². The van der Waals surface area contributed by atoms with E-state index in [-0.39, 0.29) is 5.78 Å². The van der Waals surface area contributed by atoms with Crippen LogP contribution in [-0.4, -0.2) is 5.78 Å². The van der Waals surface area contributed by atoms with Gasteiger partial charge in [-0.1, -0.05) is 19.1 Å². The van der Waals surface area contributed by atoms with Gasteiger partial charge in [-0.2, -0.15) is 0 Å². The molecule has 0 aromatic heterocycles. The number of benzene rings is 1. The fourth-order valence-electron chi connectivity index (χ4n) is 1.19. The van der Waals surface area contributed by atoms with Gasteiger partial charge >= 0.3 is 0 Å². The second-order valence-corrected chi connectivity index (χ2v) is 3.24. The third kappa shape index (κ3) is 2.31. The lowest BCUT2D eigenvalue weighted by atomic mass is 10.0. The summed E-state index contributed by atoms with van der Waals surface area (Å²) in [4.78, 5) is 11.5. The molecule has 0 radical (unpaired) electrons. The number of rotatable bonds is 3. The van der Waals surface area contributed by atoms with Crippen molar-refractivity contribution in [2.45, 2.75) is 26.7 Å². The lowest BCUT2D eigenvalue weighted by molar-refractivity contribution is 0.0982. The quantitative estimate of drug-likeness (QED) is 0.569. The van der Waals surface area contributed by atoms with Crippen LogP contribution in [0.1, 0.15) is 35.7 Å². The predicted octanol–water partition coefficient (Wildman–Crippen LogP) is 2.56. The van der Waals surface area contributed by atoms with E-state index in [0.29, 0.717) is 12.1 Å². The highest BCUT2D eigenvalue weighted by Crippen LogP contribution is 2.14. The first-order chi connectivity index (χ1) is 6.15. The average molecular weight is 177 g/mol. The van der Waals surface area contributed by atoms with Crippen LogP contribution >= 0.6 is 0 Å². The molecule has 13 heavy (non-hydrogen) atoms. The smallest absolute Gasteiger partial charge is 0.162 e. The maximum Gasteiger partial charge on any atom is 0.162 e. The van der Waals surface area contributed by atoms with Gasteiger partial charge in [-0.15, -0.1) is 0 Å². The minimum absolute atomic E-state index is 0.175. The maximum absolute atomic E-state index is 11.5. The van der Waals surface area contributed by atoms with Gasteiger partial charge in [-0.25, -0.2) is 0 Å². The van der Waals surface area contributed by atoms with Crippen LogP contribution in [0, 0.1) is 6.92 Å². The van der Waals surface area contributed by atoms with Gasteiger partial charge in [-0.3, -0.25) is 4.79 Å². The number of anilines is 1. The van der Waals surface area contributed by atoms with Gasteiger partial charge in [-0.05, 0) is 25.0 Å². The fourth-order valence-corrected chi connectivity index (χ4v) is 1.19. The summed E-state index contributed by atoms with van der Waals surface area (Å²) in [7, 11) is 0. The molecule has 0 amide bonds. The van der Waals surface area contributed by atoms with Gasteiger partial charge in [0.25, 0.3) is 0 Å². The van der Waals surface area contributed by atoms with Crippen LogP contribution in [0.25, 0.3) is 0 Å². The van der Waals surface area contributed by atoms with E-state index >= 15 is 0 Å². The highest BCUT2D eigenvalue weighted by atomic mass is 16.1. The summed E-state index contributed by atoms with van der Waals surface area (Å²) in [6.07, 6.45) is 1.48. The normalized spacial score (nSPS) is 10.0. The van der Waals surface area contributed by atoms with Crippen molar-refractivity contribution < 1.29 is 4.79 Å². The highest BCUT2D eigenvalue weighted by molar-refractivity contribution is 5.96. The van der Waals surface area contributed by atoms with E-state index < -0.39 is 0 Å². The van der Waals surface area contributed by atoms with Crippen molar-refractivity contribution in [2.75, 3.05) is 5.73 Å². The van der Waals surface area contributed by atoms with Gasteiger partial charge in [0.05, 0.1) is 0 Å². The maximum atomic E-state index is 11.5. The van der Waals surface area contributed by atoms with Gasteiger partial charge in [0, 0.05) is 17.7 Å². The van der Waals surface area contributed by atoms with Gasteiger partial charge in [0.1, 0.15) is 0 Å². The molecule has 2 heteroatoms. The zero-order valence-corrected chi connectivity index (χ0v) is 8.13. The van der Waals surface area contributed by atoms with Crippen LogP contribution < -0.4 is 5.73 Å².